The molecular formula is C33H25N3O3. The molecule has 2 aromatic carbocycles. The number of aliphatic hydroxyl groups is 1. The Kier molecular flexibility index (Phi) is 5.39. The Morgan fingerprint density at radius 3 is 2.05 bits per heavy atom. The van der Waals surface area contributed by atoms with Gasteiger partial charge >= 0.3 is 0 Å². The summed E-state index contributed by atoms with van der Waals surface area (Å²) in [5.74, 6) is -2.62. The molecule has 3 heterocycles. The van der Waals surface area contributed by atoms with Crippen LogP contribution in [0, 0.1) is 23.7 Å². The third-order valence-electron chi connectivity index (χ3n) is 8.29. The molecule has 6 nitrogen and oxygen atoms in total. The van der Waals surface area contributed by atoms with E-state index in [0.717, 1.165) is 22.4 Å². The molecule has 3 aliphatic rings. The first-order valence-electron chi connectivity index (χ1n) is 13.1. The number of hydrogen-bond donors (Lipinski definition) is 2. The van der Waals surface area contributed by atoms with Gasteiger partial charge in [-0.05, 0) is 46.5 Å². The molecule has 1 aliphatic heterocycles. The number of aromatic nitrogens is 2. The molecule has 4 aromatic rings. The van der Waals surface area contributed by atoms with E-state index in [0.29, 0.717) is 16.8 Å². The lowest BCUT2D eigenvalue weighted by Crippen LogP contribution is -2.38. The minimum absolute atomic E-state index is 0.264. The van der Waals surface area contributed by atoms with Crippen LogP contribution < -0.4 is 5.32 Å². The van der Waals surface area contributed by atoms with Gasteiger partial charge in [0.1, 0.15) is 0 Å². The fourth-order valence-electron chi connectivity index (χ4n) is 6.77. The van der Waals surface area contributed by atoms with Crippen molar-refractivity contribution in [3.8, 4) is 0 Å². The van der Waals surface area contributed by atoms with Crippen molar-refractivity contribution in [2.45, 2.75) is 5.60 Å². The quantitative estimate of drug-likeness (QED) is 0.308. The van der Waals surface area contributed by atoms with Crippen LogP contribution in [-0.4, -0.2) is 26.9 Å². The van der Waals surface area contributed by atoms with E-state index in [2.05, 4.69) is 10.3 Å². The van der Waals surface area contributed by atoms with E-state index in [4.69, 9.17) is 4.98 Å². The van der Waals surface area contributed by atoms with Crippen LogP contribution in [0.4, 0.5) is 0 Å². The van der Waals surface area contributed by atoms with Crippen LogP contribution in [0.1, 0.15) is 22.5 Å². The number of imide groups is 1. The summed E-state index contributed by atoms with van der Waals surface area (Å²) in [5, 5.41) is 15.3. The zero-order chi connectivity index (χ0) is 26.6. The van der Waals surface area contributed by atoms with Gasteiger partial charge in [-0.1, -0.05) is 78.9 Å². The zero-order valence-electron chi connectivity index (χ0n) is 20.9. The van der Waals surface area contributed by atoms with Crippen molar-refractivity contribution < 1.29 is 14.7 Å². The fourth-order valence-corrected chi connectivity index (χ4v) is 6.77. The summed E-state index contributed by atoms with van der Waals surface area (Å²) in [6.07, 6.45) is 5.41. The maximum Gasteiger partial charge on any atom is 0.231 e. The number of allylic oxidation sites excluding steroid dienone is 2. The smallest absolute Gasteiger partial charge is 0.231 e. The first-order chi connectivity index (χ1) is 19.1. The number of benzene rings is 2. The number of fused-ring (bicyclic) bond motifs is 5. The van der Waals surface area contributed by atoms with Gasteiger partial charge in [-0.2, -0.15) is 0 Å². The average Bonchev–Trinajstić information content (AvgIpc) is 3.63. The highest BCUT2D eigenvalue weighted by atomic mass is 16.3. The first kappa shape index (κ1) is 23.4. The predicted molar refractivity (Wildman–Crippen MR) is 146 cm³/mol. The molecule has 39 heavy (non-hydrogen) atoms. The molecule has 2 aromatic heterocycles. The number of hydrogen-bond acceptors (Lipinski definition) is 5. The summed E-state index contributed by atoms with van der Waals surface area (Å²) in [6, 6.07) is 30.6. The molecule has 6 heteroatoms. The second-order valence-corrected chi connectivity index (χ2v) is 10.2. The van der Waals surface area contributed by atoms with Crippen molar-refractivity contribution in [2.24, 2.45) is 23.7 Å². The SMILES string of the molecule is O=C1NC(=O)[C@H]2C1C1C(C(O)(c3ccccc3)c3ccccn3)=C[C@H]2/C1=C(\c1ccccc1)c1ccccn1. The van der Waals surface area contributed by atoms with Gasteiger partial charge in [-0.3, -0.25) is 24.9 Å². The predicted octanol–water partition coefficient (Wildman–Crippen LogP) is 4.29. The van der Waals surface area contributed by atoms with E-state index in [9.17, 15) is 14.7 Å². The van der Waals surface area contributed by atoms with Crippen LogP contribution in [0.15, 0.2) is 127 Å². The van der Waals surface area contributed by atoms with Crippen molar-refractivity contribution in [2.75, 3.05) is 0 Å². The summed E-state index contributed by atoms with van der Waals surface area (Å²) in [6.45, 7) is 0. The number of carbonyl (C=O) groups excluding carboxylic acids is 2. The lowest BCUT2D eigenvalue weighted by Gasteiger charge is -2.36. The summed E-state index contributed by atoms with van der Waals surface area (Å²) in [4.78, 5) is 35.7. The minimum atomic E-state index is -1.60. The fraction of sp³-hybridized carbons (Fsp3) is 0.152. The van der Waals surface area contributed by atoms with Crippen LogP contribution in [0.5, 0.6) is 0 Å². The Morgan fingerprint density at radius 1 is 0.744 bits per heavy atom. The van der Waals surface area contributed by atoms with Crippen molar-refractivity contribution in [3.63, 3.8) is 0 Å². The number of carbonyl (C=O) groups is 2. The average molecular weight is 512 g/mol. The molecule has 2 amide bonds. The zero-order valence-corrected chi connectivity index (χ0v) is 20.9. The third-order valence-corrected chi connectivity index (χ3v) is 8.29. The summed E-state index contributed by atoms with van der Waals surface area (Å²) in [5.41, 5.74) is 3.74. The van der Waals surface area contributed by atoms with E-state index in [1.165, 1.54) is 0 Å². The molecule has 190 valence electrons. The standard InChI is InChI=1S/C33H25N3O3/c37-31-28-22-19-23(33(39,21-13-5-2-6-14-21)25-16-8-10-18-35-25)29(30(28)32(38)36-31)27(22)26(20-11-3-1-4-12-20)24-15-7-9-17-34-24/h1-19,22,28-30,39H,(H,36,37,38)/b27-26-/t22-,28+,29?,30?,33?/m0/s1. The second kappa shape index (κ2) is 8.96. The molecule has 3 unspecified atom stereocenters. The molecular weight excluding hydrogens is 486 g/mol. The van der Waals surface area contributed by atoms with Crippen molar-refractivity contribution in [1.29, 1.82) is 0 Å². The highest BCUT2D eigenvalue weighted by Crippen LogP contribution is 2.63. The number of nitrogens with zero attached hydrogens (tertiary/aromatic N) is 2. The van der Waals surface area contributed by atoms with Gasteiger partial charge in [0.2, 0.25) is 11.8 Å². The van der Waals surface area contributed by atoms with Gasteiger partial charge in [-0.15, -0.1) is 0 Å². The minimum Gasteiger partial charge on any atom is -0.375 e. The Hall–Kier alpha value is -4.68. The number of pyridine rings is 2. The summed E-state index contributed by atoms with van der Waals surface area (Å²) < 4.78 is 0. The van der Waals surface area contributed by atoms with Gasteiger partial charge in [0.25, 0.3) is 0 Å². The lowest BCUT2D eigenvalue weighted by atomic mass is 9.71. The molecule has 0 spiro atoms. The third kappa shape index (κ3) is 3.45. The Bertz CT molecular complexity index is 1550. The summed E-state index contributed by atoms with van der Waals surface area (Å²) >= 11 is 0. The largest absolute Gasteiger partial charge is 0.375 e. The highest BCUT2D eigenvalue weighted by molar-refractivity contribution is 6.08. The number of rotatable bonds is 5. The highest BCUT2D eigenvalue weighted by Gasteiger charge is 2.64. The monoisotopic (exact) mass is 511 g/mol. The van der Waals surface area contributed by atoms with E-state index in [1.807, 2.05) is 97.1 Å². The molecule has 2 aliphatic carbocycles. The van der Waals surface area contributed by atoms with Gasteiger partial charge in [-0.25, -0.2) is 0 Å². The molecule has 5 atom stereocenters. The van der Waals surface area contributed by atoms with E-state index >= 15 is 0 Å². The van der Waals surface area contributed by atoms with Crippen molar-refractivity contribution in [1.82, 2.24) is 15.3 Å². The molecule has 7 rings (SSSR count). The van der Waals surface area contributed by atoms with Crippen molar-refractivity contribution in [3.05, 3.63) is 149 Å². The van der Waals surface area contributed by atoms with Crippen LogP contribution in [0.2, 0.25) is 0 Å². The van der Waals surface area contributed by atoms with E-state index < -0.39 is 23.4 Å². The molecule has 0 radical (unpaired) electrons. The Balaban J connectivity index is 1.53. The van der Waals surface area contributed by atoms with Crippen LogP contribution in [-0.2, 0) is 15.2 Å². The van der Waals surface area contributed by atoms with Gasteiger partial charge < -0.3 is 5.11 Å². The Labute approximate surface area is 225 Å². The number of nitrogens with one attached hydrogen (secondary N) is 1. The van der Waals surface area contributed by atoms with E-state index in [-0.39, 0.29) is 17.7 Å². The first-order valence-corrected chi connectivity index (χ1v) is 13.1. The lowest BCUT2D eigenvalue weighted by molar-refractivity contribution is -0.126. The van der Waals surface area contributed by atoms with Gasteiger partial charge in [0, 0.05) is 29.8 Å². The maximum atomic E-state index is 13.3. The number of amides is 2. The molecule has 2 fully saturated rings. The van der Waals surface area contributed by atoms with Gasteiger partial charge in [0.15, 0.2) is 5.60 Å². The van der Waals surface area contributed by atoms with E-state index in [1.54, 1.807) is 18.5 Å². The normalized spacial score (nSPS) is 26.0. The molecule has 2 bridgehead atoms. The summed E-state index contributed by atoms with van der Waals surface area (Å²) in [7, 11) is 0. The molecule has 1 saturated heterocycles. The molecule has 1 saturated carbocycles. The molecule has 2 N–H and O–H groups in total. The van der Waals surface area contributed by atoms with Crippen LogP contribution >= 0.6 is 0 Å². The van der Waals surface area contributed by atoms with Gasteiger partial charge in [0.05, 0.1) is 23.2 Å². The van der Waals surface area contributed by atoms with Crippen LogP contribution in [0.25, 0.3) is 5.57 Å². The maximum absolute atomic E-state index is 13.3. The topological polar surface area (TPSA) is 92.2 Å². The van der Waals surface area contributed by atoms with Crippen molar-refractivity contribution >= 4 is 17.4 Å². The van der Waals surface area contributed by atoms with Crippen LogP contribution in [0.3, 0.4) is 0 Å². The second-order valence-electron chi connectivity index (χ2n) is 10.2. The Morgan fingerprint density at radius 2 is 1.38 bits per heavy atom.